The molecule has 0 bridgehead atoms. The van der Waals surface area contributed by atoms with E-state index >= 15 is 0 Å². The van der Waals surface area contributed by atoms with Crippen LogP contribution in [0.5, 0.6) is 0 Å². The zero-order valence-corrected chi connectivity index (χ0v) is 57.6. The number of hydrogen-bond acceptors (Lipinski definition) is 14. The van der Waals surface area contributed by atoms with Gasteiger partial charge in [-0.3, -0.25) is 38.4 Å². The maximum Gasteiger partial charge on any atom is 0.257 e. The summed E-state index contributed by atoms with van der Waals surface area (Å²) < 4.78 is 0. The standard InChI is InChI=1S/C33H37N5O4.C18H22Cl4N4O2.C18H26N4O2/c1-35-15-19-37(20-16-35)32(41)27-5-3-24(4-6-27)23-30(39)25-7-9-26(10-8-25)31(40)34-29-13-11-28(12-14-29)33(42)38-21-17-36(2)18-22-38;1-23-3-7-25(8-4-23)17(27)11-13(19)15(21)12(16(22)14(11)20)18(28)26-9-5-24(2)6-10-26;1-19-7-11-21(12-8-19)17(23)15-3-5-16(6-4-15)18(24)22-13-9-20(2)10-14-22/h3-14H,15-23H2,1-2H3,(H,34,40);3-10H2,1-2H3;3-6H,7-14H2,1-2H3. The minimum atomic E-state index is -0.328. The Kier molecular flexibility index (Phi) is 25.1. The third kappa shape index (κ3) is 18.3. The predicted octanol–water partition coefficient (Wildman–Crippen LogP) is 6.68. The fourth-order valence-electron chi connectivity index (χ4n) is 11.6. The number of hydrogen-bond donors (Lipinski definition) is 1. The summed E-state index contributed by atoms with van der Waals surface area (Å²) in [7, 11) is 12.2. The molecule has 0 aliphatic carbocycles. The number of halogens is 4. The summed E-state index contributed by atoms with van der Waals surface area (Å²) >= 11 is 25.7. The summed E-state index contributed by atoms with van der Waals surface area (Å²) in [6, 6.07) is 27.8. The van der Waals surface area contributed by atoms with Gasteiger partial charge in [0.05, 0.1) is 31.2 Å². The minimum Gasteiger partial charge on any atom is -0.336 e. The fourth-order valence-corrected chi connectivity index (χ4v) is 12.8. The van der Waals surface area contributed by atoms with Gasteiger partial charge in [0.1, 0.15) is 0 Å². The Morgan fingerprint density at radius 2 is 0.500 bits per heavy atom. The van der Waals surface area contributed by atoms with Crippen molar-refractivity contribution in [3.05, 3.63) is 167 Å². The molecule has 0 radical (unpaired) electrons. The van der Waals surface area contributed by atoms with Crippen molar-refractivity contribution in [3.63, 3.8) is 0 Å². The van der Waals surface area contributed by atoms with Gasteiger partial charge >= 0.3 is 0 Å². The number of Topliss-reactive ketones (excluding diaryl/α,β-unsaturated/α-hetero) is 1. The van der Waals surface area contributed by atoms with E-state index in [4.69, 9.17) is 46.4 Å². The molecule has 6 fully saturated rings. The molecule has 0 unspecified atom stereocenters. The molecule has 0 aromatic heterocycles. The number of carbonyl (C=O) groups excluding carboxylic acids is 8. The van der Waals surface area contributed by atoms with Crippen LogP contribution in [0.1, 0.15) is 88.4 Å². The highest BCUT2D eigenvalue weighted by Gasteiger charge is 2.34. The van der Waals surface area contributed by atoms with Gasteiger partial charge in [0, 0.05) is 203 Å². The molecule has 25 heteroatoms. The lowest BCUT2D eigenvalue weighted by Gasteiger charge is -2.34. The molecule has 502 valence electrons. The van der Waals surface area contributed by atoms with E-state index in [9.17, 15) is 38.4 Å². The molecule has 11 rings (SSSR count). The number of rotatable bonds is 11. The molecule has 21 nitrogen and oxygen atoms in total. The Balaban J connectivity index is 0.000000174. The maximum absolute atomic E-state index is 13.0. The first kappa shape index (κ1) is 71.3. The van der Waals surface area contributed by atoms with Crippen molar-refractivity contribution in [1.29, 1.82) is 0 Å². The van der Waals surface area contributed by atoms with Crippen molar-refractivity contribution in [2.75, 3.05) is 205 Å². The van der Waals surface area contributed by atoms with E-state index in [0.29, 0.717) is 91.4 Å². The number of nitrogens with zero attached hydrogens (tertiary/aromatic N) is 12. The zero-order valence-electron chi connectivity index (χ0n) is 54.6. The molecular formula is C69H85Cl4N13O8. The van der Waals surface area contributed by atoms with Gasteiger partial charge < -0.3 is 64.1 Å². The van der Waals surface area contributed by atoms with E-state index < -0.39 is 0 Å². The Morgan fingerprint density at radius 1 is 0.287 bits per heavy atom. The van der Waals surface area contributed by atoms with Gasteiger partial charge in [-0.1, -0.05) is 70.7 Å². The number of anilines is 1. The van der Waals surface area contributed by atoms with Crippen LogP contribution in [0.2, 0.25) is 20.1 Å². The molecule has 7 amide bonds. The highest BCUT2D eigenvalue weighted by molar-refractivity contribution is 6.52. The van der Waals surface area contributed by atoms with Crippen molar-refractivity contribution < 1.29 is 38.4 Å². The number of amides is 7. The van der Waals surface area contributed by atoms with Gasteiger partial charge in [-0.05, 0) is 121 Å². The lowest BCUT2D eigenvalue weighted by atomic mass is 10.0. The topological polar surface area (TPSA) is 187 Å². The first-order valence-corrected chi connectivity index (χ1v) is 33.5. The Bertz CT molecular complexity index is 3240. The highest BCUT2D eigenvalue weighted by atomic mass is 35.5. The van der Waals surface area contributed by atoms with Crippen LogP contribution in [-0.4, -0.2) is 305 Å². The lowest BCUT2D eigenvalue weighted by Crippen LogP contribution is -2.47. The fraction of sp³-hybridized carbons (Fsp3) is 0.449. The summed E-state index contributed by atoms with van der Waals surface area (Å²) in [5.41, 5.74) is 5.00. The van der Waals surface area contributed by atoms with Crippen molar-refractivity contribution in [3.8, 4) is 0 Å². The second-order valence-electron chi connectivity index (χ2n) is 25.1. The summed E-state index contributed by atoms with van der Waals surface area (Å²) in [5.74, 6) is -0.894. The predicted molar refractivity (Wildman–Crippen MR) is 369 cm³/mol. The van der Waals surface area contributed by atoms with Gasteiger partial charge in [-0.15, -0.1) is 0 Å². The van der Waals surface area contributed by atoms with Crippen LogP contribution >= 0.6 is 46.4 Å². The zero-order chi connectivity index (χ0) is 67.3. The van der Waals surface area contributed by atoms with Crippen LogP contribution in [0.25, 0.3) is 0 Å². The number of piperazine rings is 6. The van der Waals surface area contributed by atoms with E-state index in [1.807, 2.05) is 52.9 Å². The van der Waals surface area contributed by atoms with Gasteiger partial charge in [-0.2, -0.15) is 0 Å². The summed E-state index contributed by atoms with van der Waals surface area (Å²) in [6.07, 6.45) is 0.202. The average molecular weight is 1370 g/mol. The first-order chi connectivity index (χ1) is 45.0. The van der Waals surface area contributed by atoms with E-state index in [2.05, 4.69) is 55.9 Å². The van der Waals surface area contributed by atoms with Crippen LogP contribution in [0.15, 0.2) is 97.1 Å². The number of ketones is 1. The Labute approximate surface area is 571 Å². The average Bonchev–Trinajstić information content (AvgIpc) is 0.769. The summed E-state index contributed by atoms with van der Waals surface area (Å²) in [4.78, 5) is 126. The molecule has 6 heterocycles. The summed E-state index contributed by atoms with van der Waals surface area (Å²) in [6.45, 7) is 18.2. The van der Waals surface area contributed by atoms with Crippen molar-refractivity contribution in [2.24, 2.45) is 0 Å². The Morgan fingerprint density at radius 3 is 0.766 bits per heavy atom. The minimum absolute atomic E-state index is 0.00341. The monoisotopic (exact) mass is 1360 g/mol. The van der Waals surface area contributed by atoms with Crippen LogP contribution in [0.4, 0.5) is 5.69 Å². The quantitative estimate of drug-likeness (QED) is 0.109. The number of nitrogens with one attached hydrogen (secondary N) is 1. The molecule has 5 aromatic carbocycles. The molecule has 94 heavy (non-hydrogen) atoms. The molecular weight excluding hydrogens is 1280 g/mol. The Hall–Kier alpha value is -7.02. The van der Waals surface area contributed by atoms with Crippen molar-refractivity contribution in [2.45, 2.75) is 6.42 Å². The van der Waals surface area contributed by atoms with E-state index in [1.54, 1.807) is 94.7 Å². The normalized spacial score (nSPS) is 18.1. The van der Waals surface area contributed by atoms with Crippen LogP contribution in [0, 0.1) is 0 Å². The van der Waals surface area contributed by atoms with E-state index in [-0.39, 0.29) is 84.8 Å². The van der Waals surface area contributed by atoms with Crippen molar-refractivity contribution in [1.82, 2.24) is 58.8 Å². The van der Waals surface area contributed by atoms with E-state index in [0.717, 1.165) is 110 Å². The third-order valence-corrected chi connectivity index (χ3v) is 19.9. The maximum atomic E-state index is 13.0. The second kappa shape index (κ2) is 33.1. The molecule has 6 aliphatic heterocycles. The van der Waals surface area contributed by atoms with E-state index in [1.165, 1.54) is 0 Å². The first-order valence-electron chi connectivity index (χ1n) is 32.0. The molecule has 6 saturated heterocycles. The molecule has 5 aromatic rings. The number of carbonyl (C=O) groups is 8. The summed E-state index contributed by atoms with van der Waals surface area (Å²) in [5, 5.41) is 2.73. The van der Waals surface area contributed by atoms with Crippen molar-refractivity contribution >= 4 is 99.2 Å². The smallest absolute Gasteiger partial charge is 0.257 e. The lowest BCUT2D eigenvalue weighted by molar-refractivity contribution is 0.0652. The second-order valence-corrected chi connectivity index (χ2v) is 26.6. The molecule has 0 spiro atoms. The van der Waals surface area contributed by atoms with Crippen LogP contribution in [-0.2, 0) is 6.42 Å². The molecule has 1 N–H and O–H groups in total. The highest BCUT2D eigenvalue weighted by Crippen LogP contribution is 2.42. The van der Waals surface area contributed by atoms with Gasteiger partial charge in [0.15, 0.2) is 5.78 Å². The SMILES string of the molecule is CN1CCN(C(=O)c2c(Cl)c(Cl)c(C(=O)N3CCN(C)CC3)c(Cl)c2Cl)CC1.CN1CCN(C(=O)c2ccc(C(=O)N3CCN(C)CC3)cc2)CC1.CN1CCN(C(=O)c2ccc(CC(=O)c3ccc(C(=O)Nc4ccc(C(=O)N5CCN(C)CC5)cc4)cc3)cc2)CC1. The molecule has 6 aliphatic rings. The number of benzene rings is 5. The largest absolute Gasteiger partial charge is 0.336 e. The number of likely N-dealkylation sites (N-methyl/N-ethyl adjacent to an activating group) is 6. The van der Waals surface area contributed by atoms with Crippen LogP contribution in [0.3, 0.4) is 0 Å². The third-order valence-electron chi connectivity index (χ3n) is 18.2. The molecule has 0 saturated carbocycles. The van der Waals surface area contributed by atoms with Gasteiger partial charge in [0.25, 0.3) is 41.4 Å². The van der Waals surface area contributed by atoms with Gasteiger partial charge in [0.2, 0.25) is 0 Å². The molecule has 0 atom stereocenters. The van der Waals surface area contributed by atoms with Crippen LogP contribution < -0.4 is 5.32 Å². The van der Waals surface area contributed by atoms with Gasteiger partial charge in [-0.25, -0.2) is 0 Å².